The largest absolute Gasteiger partial charge is 0.445 e. The summed E-state index contributed by atoms with van der Waals surface area (Å²) in [4.78, 5) is 22.1. The number of nitrogens with one attached hydrogen (secondary N) is 1. The lowest BCUT2D eigenvalue weighted by Gasteiger charge is -2.32. The van der Waals surface area contributed by atoms with E-state index in [1.807, 2.05) is 53.2 Å². The molecule has 0 unspecified atom stereocenters. The van der Waals surface area contributed by atoms with Crippen molar-refractivity contribution in [3.05, 3.63) is 66.6 Å². The van der Waals surface area contributed by atoms with Gasteiger partial charge in [-0.15, -0.1) is 0 Å². The molecule has 1 N–H and O–H groups in total. The number of benzene rings is 1. The number of nitrogens with zero attached hydrogens (tertiary/aromatic N) is 6. The zero-order valence-electron chi connectivity index (χ0n) is 21.2. The van der Waals surface area contributed by atoms with E-state index in [-0.39, 0.29) is 12.1 Å². The number of ether oxygens (including phenoxy) is 1. The molecule has 2 aliphatic heterocycles. The van der Waals surface area contributed by atoms with Gasteiger partial charge >= 0.3 is 6.09 Å². The topological polar surface area (TPSA) is 80.5 Å². The van der Waals surface area contributed by atoms with Crippen LogP contribution >= 0.6 is 0 Å². The fraction of sp³-hybridized carbons (Fsp3) is 0.393. The quantitative estimate of drug-likeness (QED) is 0.450. The number of rotatable bonds is 5. The van der Waals surface area contributed by atoms with Crippen molar-refractivity contribution < 1.29 is 9.53 Å². The number of carbonyl (C=O) groups excluding carboxylic acids is 1. The Morgan fingerprint density at radius 3 is 2.54 bits per heavy atom. The van der Waals surface area contributed by atoms with Crippen molar-refractivity contribution in [3.8, 4) is 11.1 Å². The van der Waals surface area contributed by atoms with E-state index in [4.69, 9.17) is 9.72 Å². The molecule has 0 spiro atoms. The molecule has 3 aromatic heterocycles. The SMILES string of the molecule is Cn1cc(-c2cn(C3CCN(C(=O)OCc4ccccc4)CC3)c3nc(N4CCNCC4)ccc23)cn1. The van der Waals surface area contributed by atoms with Crippen LogP contribution < -0.4 is 10.2 Å². The zero-order chi connectivity index (χ0) is 25.2. The molecule has 1 aromatic carbocycles. The molecule has 9 heteroatoms. The van der Waals surface area contributed by atoms with Crippen molar-refractivity contribution in [2.45, 2.75) is 25.5 Å². The highest BCUT2D eigenvalue weighted by Gasteiger charge is 2.27. The summed E-state index contributed by atoms with van der Waals surface area (Å²) < 4.78 is 9.74. The molecule has 4 aromatic rings. The molecule has 0 bridgehead atoms. The third-order valence-electron chi connectivity index (χ3n) is 7.44. The van der Waals surface area contributed by atoms with Gasteiger partial charge in [-0.05, 0) is 30.5 Å². The lowest BCUT2D eigenvalue weighted by Crippen LogP contribution is -2.43. The number of carbonyl (C=O) groups is 1. The number of aryl methyl sites for hydroxylation is 1. The summed E-state index contributed by atoms with van der Waals surface area (Å²) in [6.07, 6.45) is 7.66. The van der Waals surface area contributed by atoms with Gasteiger partial charge in [-0.25, -0.2) is 9.78 Å². The van der Waals surface area contributed by atoms with Gasteiger partial charge in [-0.1, -0.05) is 30.3 Å². The predicted octanol–water partition coefficient (Wildman–Crippen LogP) is 3.82. The lowest BCUT2D eigenvalue weighted by molar-refractivity contribution is 0.0834. The van der Waals surface area contributed by atoms with Crippen LogP contribution in [0.1, 0.15) is 24.4 Å². The third-order valence-corrected chi connectivity index (χ3v) is 7.44. The summed E-state index contributed by atoms with van der Waals surface area (Å²) in [7, 11) is 1.94. The monoisotopic (exact) mass is 499 g/mol. The van der Waals surface area contributed by atoms with Gasteiger partial charge in [0.05, 0.1) is 6.20 Å². The van der Waals surface area contributed by atoms with Crippen LogP contribution in [0.15, 0.2) is 61.1 Å². The zero-order valence-corrected chi connectivity index (χ0v) is 21.2. The number of hydrogen-bond acceptors (Lipinski definition) is 6. The van der Waals surface area contributed by atoms with Gasteiger partial charge in [-0.3, -0.25) is 4.68 Å². The summed E-state index contributed by atoms with van der Waals surface area (Å²) in [5.41, 5.74) is 4.23. The highest BCUT2D eigenvalue weighted by atomic mass is 16.6. The average Bonchev–Trinajstić information content (AvgIpc) is 3.56. The molecule has 0 atom stereocenters. The number of aromatic nitrogens is 4. The maximum atomic E-state index is 12.7. The standard InChI is InChI=1S/C28H33N7O2/c1-32-18-22(17-30-32)25-19-35(27-24(25)7-8-26(31-27)33-15-11-29-12-16-33)23-9-13-34(14-10-23)28(36)37-20-21-5-3-2-4-6-21/h2-8,17-19,23,29H,9-16,20H2,1H3. The van der Waals surface area contributed by atoms with E-state index < -0.39 is 0 Å². The molecule has 0 aliphatic carbocycles. The number of fused-ring (bicyclic) bond motifs is 1. The Kier molecular flexibility index (Phi) is 6.53. The van der Waals surface area contributed by atoms with Gasteiger partial charge in [0, 0.05) is 81.3 Å². The molecule has 6 rings (SSSR count). The molecule has 2 aliphatic rings. The van der Waals surface area contributed by atoms with E-state index in [9.17, 15) is 4.79 Å². The number of hydrogen-bond donors (Lipinski definition) is 1. The summed E-state index contributed by atoms with van der Waals surface area (Å²) >= 11 is 0. The van der Waals surface area contributed by atoms with Crippen LogP contribution in [0, 0.1) is 0 Å². The minimum atomic E-state index is -0.241. The molecule has 5 heterocycles. The lowest BCUT2D eigenvalue weighted by atomic mass is 10.1. The van der Waals surface area contributed by atoms with Crippen LogP contribution in [0.4, 0.5) is 10.6 Å². The van der Waals surface area contributed by atoms with Crippen molar-refractivity contribution in [1.82, 2.24) is 29.5 Å². The highest BCUT2D eigenvalue weighted by molar-refractivity contribution is 5.94. The Bertz CT molecular complexity index is 1370. The molecular weight excluding hydrogens is 466 g/mol. The Balaban J connectivity index is 1.23. The molecule has 1 amide bonds. The van der Waals surface area contributed by atoms with Crippen LogP contribution in [0.2, 0.25) is 0 Å². The summed E-state index contributed by atoms with van der Waals surface area (Å²) in [6, 6.07) is 14.4. The number of piperazine rings is 1. The first-order chi connectivity index (χ1) is 18.2. The molecule has 0 saturated carbocycles. The van der Waals surface area contributed by atoms with Gasteiger partial charge < -0.3 is 24.4 Å². The maximum Gasteiger partial charge on any atom is 0.410 e. The molecule has 192 valence electrons. The second kappa shape index (κ2) is 10.3. The van der Waals surface area contributed by atoms with Crippen molar-refractivity contribution in [3.63, 3.8) is 0 Å². The first kappa shape index (κ1) is 23.5. The Labute approximate surface area is 216 Å². The van der Waals surface area contributed by atoms with Crippen molar-refractivity contribution >= 4 is 22.9 Å². The first-order valence-electron chi connectivity index (χ1n) is 13.1. The van der Waals surface area contributed by atoms with E-state index in [1.165, 1.54) is 0 Å². The number of pyridine rings is 1. The normalized spacial score (nSPS) is 16.9. The molecular formula is C28H33N7O2. The fourth-order valence-electron chi connectivity index (χ4n) is 5.39. The Hall–Kier alpha value is -3.85. The Morgan fingerprint density at radius 2 is 1.81 bits per heavy atom. The van der Waals surface area contributed by atoms with Gasteiger partial charge in [0.1, 0.15) is 18.1 Å². The second-order valence-corrected chi connectivity index (χ2v) is 9.89. The van der Waals surface area contributed by atoms with Gasteiger partial charge in [-0.2, -0.15) is 5.10 Å². The van der Waals surface area contributed by atoms with Crippen LogP contribution in [-0.4, -0.2) is 69.6 Å². The predicted molar refractivity (Wildman–Crippen MR) is 143 cm³/mol. The van der Waals surface area contributed by atoms with Gasteiger partial charge in [0.25, 0.3) is 0 Å². The molecule has 2 fully saturated rings. The third kappa shape index (κ3) is 4.91. The van der Waals surface area contributed by atoms with E-state index in [2.05, 4.69) is 44.4 Å². The fourth-order valence-corrected chi connectivity index (χ4v) is 5.39. The second-order valence-electron chi connectivity index (χ2n) is 9.89. The smallest absolute Gasteiger partial charge is 0.410 e. The summed E-state index contributed by atoms with van der Waals surface area (Å²) in [5, 5.41) is 8.95. The van der Waals surface area contributed by atoms with Crippen LogP contribution in [-0.2, 0) is 18.4 Å². The molecule has 0 radical (unpaired) electrons. The van der Waals surface area contributed by atoms with Gasteiger partial charge in [0.15, 0.2) is 0 Å². The van der Waals surface area contributed by atoms with Crippen molar-refractivity contribution in [2.75, 3.05) is 44.2 Å². The summed E-state index contributed by atoms with van der Waals surface area (Å²) in [6.45, 7) is 5.49. The minimum absolute atomic E-state index is 0.241. The molecule has 2 saturated heterocycles. The van der Waals surface area contributed by atoms with E-state index in [1.54, 1.807) is 0 Å². The van der Waals surface area contributed by atoms with Crippen molar-refractivity contribution in [1.29, 1.82) is 0 Å². The number of likely N-dealkylation sites (tertiary alicyclic amines) is 1. The van der Waals surface area contributed by atoms with Gasteiger partial charge in [0.2, 0.25) is 0 Å². The van der Waals surface area contributed by atoms with E-state index >= 15 is 0 Å². The van der Waals surface area contributed by atoms with Crippen LogP contribution in [0.25, 0.3) is 22.2 Å². The summed E-state index contributed by atoms with van der Waals surface area (Å²) in [5.74, 6) is 1.02. The van der Waals surface area contributed by atoms with Crippen LogP contribution in [0.5, 0.6) is 0 Å². The van der Waals surface area contributed by atoms with E-state index in [0.717, 1.165) is 72.6 Å². The first-order valence-corrected chi connectivity index (χ1v) is 13.1. The van der Waals surface area contributed by atoms with Crippen molar-refractivity contribution in [2.24, 2.45) is 7.05 Å². The minimum Gasteiger partial charge on any atom is -0.445 e. The average molecular weight is 500 g/mol. The van der Waals surface area contributed by atoms with Crippen LogP contribution in [0.3, 0.4) is 0 Å². The molecule has 37 heavy (non-hydrogen) atoms. The maximum absolute atomic E-state index is 12.7. The number of amides is 1. The molecule has 9 nitrogen and oxygen atoms in total. The Morgan fingerprint density at radius 1 is 1.03 bits per heavy atom. The van der Waals surface area contributed by atoms with E-state index in [0.29, 0.717) is 19.7 Å². The number of piperidine rings is 1. The highest BCUT2D eigenvalue weighted by Crippen LogP contribution is 2.35. The number of anilines is 1.